The normalized spacial score (nSPS) is 41.9. The van der Waals surface area contributed by atoms with Crippen LogP contribution < -0.4 is 0 Å². The van der Waals surface area contributed by atoms with Crippen LogP contribution in [0.3, 0.4) is 0 Å². The number of Topliss-reactive ketones (excluding diaryl/α,β-unsaturated/α-hetero) is 1. The highest BCUT2D eigenvalue weighted by atomic mass is 16.6. The Hall–Kier alpha value is -1.64. The van der Waals surface area contributed by atoms with Crippen molar-refractivity contribution in [3.05, 3.63) is 35.9 Å². The molecule has 0 radical (unpaired) electrons. The van der Waals surface area contributed by atoms with Crippen molar-refractivity contribution in [1.82, 2.24) is 0 Å². The van der Waals surface area contributed by atoms with Gasteiger partial charge in [-0.1, -0.05) is 30.3 Å². The zero-order valence-electron chi connectivity index (χ0n) is 13.9. The van der Waals surface area contributed by atoms with E-state index in [-0.39, 0.29) is 29.2 Å². The Labute approximate surface area is 142 Å². The second-order valence-electron chi connectivity index (χ2n) is 8.70. The molecule has 0 unspecified atom stereocenters. The largest absolute Gasteiger partial charge is 0.459 e. The molecule has 24 heavy (non-hydrogen) atoms. The third-order valence-corrected chi connectivity index (χ3v) is 6.79. The fourth-order valence-electron chi connectivity index (χ4n) is 6.01. The molecule has 5 aliphatic rings. The lowest BCUT2D eigenvalue weighted by atomic mass is 9.54. The average Bonchev–Trinajstić information content (AvgIpc) is 3.34. The summed E-state index contributed by atoms with van der Waals surface area (Å²) in [7, 11) is 0. The Bertz CT molecular complexity index is 642. The molecule has 0 amide bonds. The van der Waals surface area contributed by atoms with Gasteiger partial charge in [-0.05, 0) is 62.7 Å². The number of ketones is 1. The van der Waals surface area contributed by atoms with Gasteiger partial charge in [0.25, 0.3) is 0 Å². The highest BCUT2D eigenvalue weighted by molar-refractivity contribution is 6.02. The summed E-state index contributed by atoms with van der Waals surface area (Å²) in [5, 5.41) is 0. The molecule has 0 N–H and O–H groups in total. The first-order valence-corrected chi connectivity index (χ1v) is 9.44. The molecule has 0 aromatic heterocycles. The smallest absolute Gasteiger partial charge is 0.310 e. The fourth-order valence-corrected chi connectivity index (χ4v) is 6.01. The molecule has 1 aromatic rings. The molecular weight excluding hydrogens is 300 g/mol. The molecule has 5 saturated carbocycles. The molecule has 1 aromatic carbocycles. The molecule has 3 heteroatoms. The van der Waals surface area contributed by atoms with E-state index in [2.05, 4.69) is 0 Å². The van der Waals surface area contributed by atoms with Gasteiger partial charge in [0.1, 0.15) is 5.60 Å². The highest BCUT2D eigenvalue weighted by Crippen LogP contribution is 2.57. The predicted octanol–water partition coefficient (Wildman–Crippen LogP) is 4.02. The van der Waals surface area contributed by atoms with E-state index in [9.17, 15) is 9.59 Å². The summed E-state index contributed by atoms with van der Waals surface area (Å²) in [6.07, 6.45) is 7.89. The van der Waals surface area contributed by atoms with Crippen molar-refractivity contribution in [1.29, 1.82) is 0 Å². The first-order chi connectivity index (χ1) is 11.6. The minimum Gasteiger partial charge on any atom is -0.459 e. The van der Waals surface area contributed by atoms with Crippen molar-refractivity contribution in [2.45, 2.75) is 50.5 Å². The van der Waals surface area contributed by atoms with E-state index in [1.165, 1.54) is 19.3 Å². The lowest BCUT2D eigenvalue weighted by Crippen LogP contribution is -2.53. The number of rotatable bonds is 4. The molecule has 3 nitrogen and oxygen atoms in total. The molecule has 0 aliphatic heterocycles. The molecule has 6 rings (SSSR count). The topological polar surface area (TPSA) is 43.4 Å². The quantitative estimate of drug-likeness (QED) is 0.620. The first kappa shape index (κ1) is 14.7. The Morgan fingerprint density at radius 2 is 1.42 bits per heavy atom. The number of carbonyl (C=O) groups excluding carboxylic acids is 2. The van der Waals surface area contributed by atoms with Crippen LogP contribution in [0.2, 0.25) is 0 Å². The summed E-state index contributed by atoms with van der Waals surface area (Å²) in [5.74, 6) is 1.94. The molecule has 4 bridgehead atoms. The van der Waals surface area contributed by atoms with E-state index in [1.807, 2.05) is 30.3 Å². The van der Waals surface area contributed by atoms with Crippen molar-refractivity contribution >= 4 is 11.8 Å². The van der Waals surface area contributed by atoms with E-state index in [0.29, 0.717) is 12.0 Å². The second kappa shape index (κ2) is 5.18. The van der Waals surface area contributed by atoms with Crippen molar-refractivity contribution in [3.63, 3.8) is 0 Å². The zero-order chi connectivity index (χ0) is 16.3. The number of hydrogen-bond acceptors (Lipinski definition) is 3. The maximum Gasteiger partial charge on any atom is 0.310 e. The van der Waals surface area contributed by atoms with Crippen LogP contribution in [0.1, 0.15) is 55.3 Å². The summed E-state index contributed by atoms with van der Waals surface area (Å²) >= 11 is 0. The van der Waals surface area contributed by atoms with Gasteiger partial charge < -0.3 is 4.74 Å². The van der Waals surface area contributed by atoms with Gasteiger partial charge in [-0.2, -0.15) is 0 Å². The summed E-state index contributed by atoms with van der Waals surface area (Å²) in [6.45, 7) is 0. The van der Waals surface area contributed by atoms with Gasteiger partial charge in [0.15, 0.2) is 5.78 Å². The summed E-state index contributed by atoms with van der Waals surface area (Å²) < 4.78 is 6.10. The second-order valence-corrected chi connectivity index (χ2v) is 8.70. The Kier molecular flexibility index (Phi) is 3.17. The van der Waals surface area contributed by atoms with Crippen molar-refractivity contribution in [2.75, 3.05) is 0 Å². The van der Waals surface area contributed by atoms with Gasteiger partial charge in [-0.25, -0.2) is 0 Å². The third kappa shape index (κ3) is 2.40. The van der Waals surface area contributed by atoms with Gasteiger partial charge in [0, 0.05) is 11.5 Å². The van der Waals surface area contributed by atoms with Gasteiger partial charge in [-0.3, -0.25) is 9.59 Å². The third-order valence-electron chi connectivity index (χ3n) is 6.79. The highest BCUT2D eigenvalue weighted by Gasteiger charge is 2.56. The van der Waals surface area contributed by atoms with Crippen LogP contribution in [0.5, 0.6) is 0 Å². The molecular formula is C21H24O3. The van der Waals surface area contributed by atoms with E-state index in [1.54, 1.807) is 0 Å². The Balaban J connectivity index is 1.25. The maximum absolute atomic E-state index is 12.7. The van der Waals surface area contributed by atoms with Crippen molar-refractivity contribution < 1.29 is 14.3 Å². The van der Waals surface area contributed by atoms with Crippen LogP contribution in [-0.2, 0) is 9.53 Å². The number of benzene rings is 1. The molecule has 5 fully saturated rings. The number of esters is 1. The number of ether oxygens (including phenoxy) is 1. The van der Waals surface area contributed by atoms with E-state index in [4.69, 9.17) is 4.74 Å². The molecule has 126 valence electrons. The molecule has 2 atom stereocenters. The van der Waals surface area contributed by atoms with Crippen LogP contribution in [-0.4, -0.2) is 17.4 Å². The lowest BCUT2D eigenvalue weighted by molar-refractivity contribution is -0.188. The molecule has 5 aliphatic carbocycles. The Morgan fingerprint density at radius 3 is 2.00 bits per heavy atom. The van der Waals surface area contributed by atoms with E-state index < -0.39 is 0 Å². The average molecular weight is 324 g/mol. The van der Waals surface area contributed by atoms with Gasteiger partial charge in [0.2, 0.25) is 0 Å². The van der Waals surface area contributed by atoms with Crippen molar-refractivity contribution in [2.24, 2.45) is 29.6 Å². The van der Waals surface area contributed by atoms with E-state index in [0.717, 1.165) is 37.0 Å². The zero-order valence-corrected chi connectivity index (χ0v) is 13.9. The fraction of sp³-hybridized carbons (Fsp3) is 0.619. The molecule has 0 saturated heterocycles. The summed E-state index contributed by atoms with van der Waals surface area (Å²) in [5.41, 5.74) is 0.530. The number of carbonyl (C=O) groups is 2. The number of hydrogen-bond donors (Lipinski definition) is 0. The Morgan fingerprint density at radius 1 is 0.833 bits per heavy atom. The predicted molar refractivity (Wildman–Crippen MR) is 89.4 cm³/mol. The summed E-state index contributed by atoms with van der Waals surface area (Å²) in [4.78, 5) is 25.1. The SMILES string of the molecule is O=C(OC12CC3CC(CC(C3)C1)C2)[C@H]1C[C@@H]1C(=O)c1ccccc1. The molecule has 0 spiro atoms. The molecule has 0 heterocycles. The van der Waals surface area contributed by atoms with Crippen molar-refractivity contribution in [3.8, 4) is 0 Å². The van der Waals surface area contributed by atoms with Crippen LogP contribution in [0.15, 0.2) is 30.3 Å². The minimum absolute atomic E-state index is 0.100. The van der Waals surface area contributed by atoms with Gasteiger partial charge in [-0.15, -0.1) is 0 Å². The van der Waals surface area contributed by atoms with Gasteiger partial charge >= 0.3 is 5.97 Å². The van der Waals surface area contributed by atoms with E-state index >= 15 is 0 Å². The van der Waals surface area contributed by atoms with Crippen LogP contribution in [0.4, 0.5) is 0 Å². The maximum atomic E-state index is 12.7. The van der Waals surface area contributed by atoms with Crippen LogP contribution >= 0.6 is 0 Å². The summed E-state index contributed by atoms with van der Waals surface area (Å²) in [6, 6.07) is 9.32. The monoisotopic (exact) mass is 324 g/mol. The first-order valence-electron chi connectivity index (χ1n) is 9.44. The van der Waals surface area contributed by atoms with Crippen LogP contribution in [0.25, 0.3) is 0 Å². The standard InChI is InChI=1S/C21H24O3/c22-19(16-4-2-1-3-5-16)17-9-18(17)20(23)24-21-10-13-6-14(11-21)8-15(7-13)12-21/h1-5,13-15,17-18H,6-12H2/t13?,14?,15?,17-,18-,21?/m0/s1. The van der Waals surface area contributed by atoms with Crippen LogP contribution in [0, 0.1) is 29.6 Å². The lowest BCUT2D eigenvalue weighted by Gasteiger charge is -2.55. The van der Waals surface area contributed by atoms with Gasteiger partial charge in [0.05, 0.1) is 5.92 Å². The minimum atomic E-state index is -0.203.